The van der Waals surface area contributed by atoms with E-state index in [-0.39, 0.29) is 5.56 Å². The number of halogens is 1. The Bertz CT molecular complexity index is 436. The minimum absolute atomic E-state index is 0.107. The molecule has 104 valence electrons. The molecule has 0 radical (unpaired) electrons. The Labute approximate surface area is 115 Å². The number of nitrogens with one attached hydrogen (secondary N) is 1. The molecular formula is C15H22FN3. The zero-order chi connectivity index (χ0) is 14.3. The summed E-state index contributed by atoms with van der Waals surface area (Å²) in [5.41, 5.74) is 1.04. The summed E-state index contributed by atoms with van der Waals surface area (Å²) in [4.78, 5) is 2.35. The lowest BCUT2D eigenvalue weighted by Crippen LogP contribution is -2.38. The molecular weight excluding hydrogens is 241 g/mol. The van der Waals surface area contributed by atoms with Gasteiger partial charge < -0.3 is 10.2 Å². The van der Waals surface area contributed by atoms with Crippen LogP contribution < -0.4 is 5.32 Å². The molecule has 1 N–H and O–H groups in total. The van der Waals surface area contributed by atoms with Crippen LogP contribution in [0.25, 0.3) is 0 Å². The number of rotatable bonds is 7. The molecule has 1 aromatic rings. The molecule has 3 nitrogen and oxygen atoms in total. The number of benzene rings is 1. The first-order valence-electron chi connectivity index (χ1n) is 6.74. The molecule has 0 bridgehead atoms. The first-order chi connectivity index (χ1) is 9.10. The summed E-state index contributed by atoms with van der Waals surface area (Å²) < 4.78 is 13.2. The van der Waals surface area contributed by atoms with E-state index in [1.54, 1.807) is 12.1 Å². The zero-order valence-corrected chi connectivity index (χ0v) is 11.9. The van der Waals surface area contributed by atoms with E-state index in [0.29, 0.717) is 12.6 Å². The van der Waals surface area contributed by atoms with Gasteiger partial charge >= 0.3 is 0 Å². The van der Waals surface area contributed by atoms with Crippen LogP contribution in [-0.2, 0) is 6.54 Å². The monoisotopic (exact) mass is 263 g/mol. The van der Waals surface area contributed by atoms with Crippen molar-refractivity contribution in [3.8, 4) is 6.07 Å². The van der Waals surface area contributed by atoms with Crippen molar-refractivity contribution in [3.63, 3.8) is 0 Å². The van der Waals surface area contributed by atoms with Crippen molar-refractivity contribution in [1.82, 2.24) is 10.2 Å². The van der Waals surface area contributed by atoms with E-state index in [1.165, 1.54) is 6.07 Å². The smallest absolute Gasteiger partial charge is 0.140 e. The normalized spacial score (nSPS) is 12.4. The Hall–Kier alpha value is -1.44. The van der Waals surface area contributed by atoms with Crippen molar-refractivity contribution in [3.05, 3.63) is 35.1 Å². The van der Waals surface area contributed by atoms with Crippen LogP contribution in [0.4, 0.5) is 4.39 Å². The number of nitrogens with zero attached hydrogens (tertiary/aromatic N) is 2. The predicted octanol–water partition coefficient (Wildman–Crippen LogP) is 2.52. The first kappa shape index (κ1) is 15.6. The van der Waals surface area contributed by atoms with Crippen LogP contribution in [0.1, 0.15) is 31.9 Å². The van der Waals surface area contributed by atoms with Gasteiger partial charge in [-0.3, -0.25) is 0 Å². The Morgan fingerprint density at radius 3 is 2.63 bits per heavy atom. The van der Waals surface area contributed by atoms with E-state index in [0.717, 1.165) is 25.2 Å². The summed E-state index contributed by atoms with van der Waals surface area (Å²) in [6.07, 6.45) is 0. The van der Waals surface area contributed by atoms with Gasteiger partial charge in [0.25, 0.3) is 0 Å². The van der Waals surface area contributed by atoms with Crippen LogP contribution in [0.2, 0.25) is 0 Å². The minimum Gasteiger partial charge on any atom is -0.309 e. The third-order valence-corrected chi connectivity index (χ3v) is 3.23. The minimum atomic E-state index is -0.456. The number of likely N-dealkylation sites (N-methyl/N-ethyl adjacent to an activating group) is 1. The molecule has 0 aromatic heterocycles. The molecule has 1 aromatic carbocycles. The largest absolute Gasteiger partial charge is 0.309 e. The van der Waals surface area contributed by atoms with Crippen molar-refractivity contribution >= 4 is 0 Å². The molecule has 0 aliphatic heterocycles. The van der Waals surface area contributed by atoms with E-state index in [2.05, 4.69) is 31.0 Å². The maximum Gasteiger partial charge on any atom is 0.140 e. The first-order valence-corrected chi connectivity index (χ1v) is 6.74. The highest BCUT2D eigenvalue weighted by Crippen LogP contribution is 2.09. The lowest BCUT2D eigenvalue weighted by atomic mass is 10.1. The molecule has 19 heavy (non-hydrogen) atoms. The van der Waals surface area contributed by atoms with Crippen molar-refractivity contribution in [2.75, 3.05) is 19.6 Å². The summed E-state index contributed by atoms with van der Waals surface area (Å²) in [5.74, 6) is -0.456. The SMILES string of the molecule is CCN(CC)CC(C)NCc1ccc(F)c(C#N)c1. The average Bonchev–Trinajstić information content (AvgIpc) is 2.43. The van der Waals surface area contributed by atoms with Gasteiger partial charge in [0.1, 0.15) is 11.9 Å². The van der Waals surface area contributed by atoms with Crippen LogP contribution in [0.3, 0.4) is 0 Å². The van der Waals surface area contributed by atoms with Gasteiger partial charge in [-0.25, -0.2) is 4.39 Å². The highest BCUT2D eigenvalue weighted by molar-refractivity contribution is 5.34. The summed E-state index contributed by atoms with van der Waals surface area (Å²) in [5, 5.41) is 12.2. The van der Waals surface area contributed by atoms with E-state index in [1.807, 2.05) is 6.07 Å². The second-order valence-corrected chi connectivity index (χ2v) is 4.69. The number of nitriles is 1. The molecule has 0 spiro atoms. The fourth-order valence-corrected chi connectivity index (χ4v) is 1.99. The highest BCUT2D eigenvalue weighted by Gasteiger charge is 2.07. The molecule has 0 amide bonds. The van der Waals surface area contributed by atoms with E-state index < -0.39 is 5.82 Å². The molecule has 0 fully saturated rings. The van der Waals surface area contributed by atoms with Crippen LogP contribution in [0.15, 0.2) is 18.2 Å². The molecule has 0 saturated carbocycles. The fraction of sp³-hybridized carbons (Fsp3) is 0.533. The van der Waals surface area contributed by atoms with Gasteiger partial charge in [-0.1, -0.05) is 19.9 Å². The Balaban J connectivity index is 2.50. The van der Waals surface area contributed by atoms with Gasteiger partial charge in [0, 0.05) is 19.1 Å². The summed E-state index contributed by atoms with van der Waals surface area (Å²) >= 11 is 0. The van der Waals surface area contributed by atoms with Gasteiger partial charge in [-0.15, -0.1) is 0 Å². The Morgan fingerprint density at radius 2 is 2.05 bits per heavy atom. The van der Waals surface area contributed by atoms with Crippen molar-refractivity contribution in [2.24, 2.45) is 0 Å². The van der Waals surface area contributed by atoms with Crippen LogP contribution in [0, 0.1) is 17.1 Å². The maximum atomic E-state index is 13.2. The molecule has 4 heteroatoms. The zero-order valence-electron chi connectivity index (χ0n) is 11.9. The van der Waals surface area contributed by atoms with Gasteiger partial charge in [0.2, 0.25) is 0 Å². The fourth-order valence-electron chi connectivity index (χ4n) is 1.99. The summed E-state index contributed by atoms with van der Waals surface area (Å²) in [6, 6.07) is 6.89. The summed E-state index contributed by atoms with van der Waals surface area (Å²) in [7, 11) is 0. The second-order valence-electron chi connectivity index (χ2n) is 4.69. The molecule has 0 aliphatic carbocycles. The number of hydrogen-bond acceptors (Lipinski definition) is 3. The summed E-state index contributed by atoms with van der Waals surface area (Å²) in [6.45, 7) is 10.1. The average molecular weight is 263 g/mol. The Kier molecular flexibility index (Phi) is 6.48. The van der Waals surface area contributed by atoms with Gasteiger partial charge in [-0.2, -0.15) is 5.26 Å². The van der Waals surface area contributed by atoms with Crippen LogP contribution in [0.5, 0.6) is 0 Å². The van der Waals surface area contributed by atoms with E-state index >= 15 is 0 Å². The molecule has 1 rings (SSSR count). The van der Waals surface area contributed by atoms with Crippen molar-refractivity contribution < 1.29 is 4.39 Å². The third-order valence-electron chi connectivity index (χ3n) is 3.23. The predicted molar refractivity (Wildman–Crippen MR) is 75.2 cm³/mol. The molecule has 0 heterocycles. The van der Waals surface area contributed by atoms with Crippen molar-refractivity contribution in [1.29, 1.82) is 5.26 Å². The van der Waals surface area contributed by atoms with Crippen LogP contribution in [-0.4, -0.2) is 30.6 Å². The lowest BCUT2D eigenvalue weighted by Gasteiger charge is -2.23. The van der Waals surface area contributed by atoms with E-state index in [9.17, 15) is 4.39 Å². The number of hydrogen-bond donors (Lipinski definition) is 1. The van der Waals surface area contributed by atoms with Gasteiger partial charge in [0.05, 0.1) is 5.56 Å². The quantitative estimate of drug-likeness (QED) is 0.821. The lowest BCUT2D eigenvalue weighted by molar-refractivity contribution is 0.270. The molecule has 0 aliphatic rings. The topological polar surface area (TPSA) is 39.1 Å². The second kappa shape index (κ2) is 7.88. The molecule has 1 atom stereocenters. The molecule has 0 saturated heterocycles. The highest BCUT2D eigenvalue weighted by atomic mass is 19.1. The standard InChI is InChI=1S/C15H22FN3/c1-4-19(5-2)11-12(3)18-10-13-6-7-15(16)14(8-13)9-17/h6-8,12,18H,4-5,10-11H2,1-3H3. The Morgan fingerprint density at radius 1 is 1.37 bits per heavy atom. The third kappa shape index (κ3) is 4.98. The van der Waals surface area contributed by atoms with Gasteiger partial charge in [0.15, 0.2) is 0 Å². The molecule has 1 unspecified atom stereocenters. The van der Waals surface area contributed by atoms with Crippen LogP contribution >= 0.6 is 0 Å². The maximum absolute atomic E-state index is 13.2. The van der Waals surface area contributed by atoms with Crippen molar-refractivity contribution in [2.45, 2.75) is 33.4 Å². The van der Waals surface area contributed by atoms with E-state index in [4.69, 9.17) is 5.26 Å². The van der Waals surface area contributed by atoms with Gasteiger partial charge in [-0.05, 0) is 37.7 Å².